The van der Waals surface area contributed by atoms with Crippen molar-refractivity contribution in [2.75, 3.05) is 31.2 Å². The molecule has 1 aromatic rings. The highest BCUT2D eigenvalue weighted by molar-refractivity contribution is 6.10. The van der Waals surface area contributed by atoms with Crippen LogP contribution in [0.1, 0.15) is 75.1 Å². The second kappa shape index (κ2) is 12.4. The van der Waals surface area contributed by atoms with Crippen molar-refractivity contribution in [1.82, 2.24) is 4.90 Å². The third-order valence-corrected chi connectivity index (χ3v) is 6.28. The molecule has 9 heteroatoms. The van der Waals surface area contributed by atoms with Crippen molar-refractivity contribution in [3.05, 3.63) is 23.8 Å². The molecule has 2 amide bonds. The number of esters is 1. The summed E-state index contributed by atoms with van der Waals surface area (Å²) < 4.78 is 10.9. The molecule has 1 heterocycles. The first-order valence-electron chi connectivity index (χ1n) is 12.3. The zero-order valence-electron chi connectivity index (χ0n) is 20.0. The molecule has 0 spiro atoms. The summed E-state index contributed by atoms with van der Waals surface area (Å²) in [6, 6.07) is 5.37. The van der Waals surface area contributed by atoms with Crippen LogP contribution in [0.5, 0.6) is 5.75 Å². The van der Waals surface area contributed by atoms with Gasteiger partial charge in [-0.1, -0.05) is 19.3 Å². The number of hydrogen-bond donors (Lipinski definition) is 2. The number of amidine groups is 1. The maximum atomic E-state index is 13.5. The number of carbonyl (C=O) groups is 3. The number of carbonyl (C=O) groups excluding carboxylic acids is 3. The molecule has 9 nitrogen and oxygen atoms in total. The Hall–Kier alpha value is -3.10. The topological polar surface area (TPSA) is 126 Å². The van der Waals surface area contributed by atoms with Crippen molar-refractivity contribution < 1.29 is 23.9 Å². The summed E-state index contributed by atoms with van der Waals surface area (Å²) in [7, 11) is 0. The van der Waals surface area contributed by atoms with E-state index < -0.39 is 0 Å². The molecule has 3 rings (SSSR count). The standard InChI is InChI=1S/C25H36N4O5/c1-2-33-24(31)13-14-28-17-23(30)29(18-8-4-3-5-9-18)21-12-11-19(16-20(21)25(28)32)34-15-7-6-10-22(26)27/h11-12,16,18H,2-10,13-15,17H2,1H3,(H3,26,27). The highest BCUT2D eigenvalue weighted by Crippen LogP contribution is 2.34. The predicted octanol–water partition coefficient (Wildman–Crippen LogP) is 3.25. The minimum absolute atomic E-state index is 0.0396. The highest BCUT2D eigenvalue weighted by atomic mass is 16.5. The maximum Gasteiger partial charge on any atom is 0.307 e. The summed E-state index contributed by atoms with van der Waals surface area (Å²) in [5, 5.41) is 7.30. The lowest BCUT2D eigenvalue weighted by Crippen LogP contribution is -2.45. The Bertz CT molecular complexity index is 897. The van der Waals surface area contributed by atoms with Gasteiger partial charge < -0.3 is 25.0 Å². The minimum atomic E-state index is -0.390. The Kier molecular flexibility index (Phi) is 9.30. The van der Waals surface area contributed by atoms with Gasteiger partial charge in [-0.2, -0.15) is 0 Å². The maximum absolute atomic E-state index is 13.5. The lowest BCUT2D eigenvalue weighted by molar-refractivity contribution is -0.143. The van der Waals surface area contributed by atoms with Crippen LogP contribution in [-0.2, 0) is 14.3 Å². The molecule has 34 heavy (non-hydrogen) atoms. The van der Waals surface area contributed by atoms with Crippen LogP contribution in [0.15, 0.2) is 18.2 Å². The molecule has 1 aliphatic carbocycles. The zero-order chi connectivity index (χ0) is 24.5. The fraction of sp³-hybridized carbons (Fsp3) is 0.600. The molecule has 0 saturated heterocycles. The molecule has 3 N–H and O–H groups in total. The molecule has 1 fully saturated rings. The number of hydrogen-bond acceptors (Lipinski definition) is 6. The number of benzene rings is 1. The van der Waals surface area contributed by atoms with E-state index in [1.54, 1.807) is 30.0 Å². The first-order valence-corrected chi connectivity index (χ1v) is 12.3. The number of nitrogens with zero attached hydrogens (tertiary/aromatic N) is 2. The minimum Gasteiger partial charge on any atom is -0.494 e. The van der Waals surface area contributed by atoms with Gasteiger partial charge >= 0.3 is 5.97 Å². The van der Waals surface area contributed by atoms with Crippen molar-refractivity contribution in [3.63, 3.8) is 0 Å². The second-order valence-electron chi connectivity index (χ2n) is 8.85. The number of nitrogens with two attached hydrogens (primary N) is 1. The van der Waals surface area contributed by atoms with E-state index in [1.165, 1.54) is 4.90 Å². The fourth-order valence-corrected chi connectivity index (χ4v) is 4.59. The van der Waals surface area contributed by atoms with Crippen molar-refractivity contribution in [1.29, 1.82) is 5.41 Å². The van der Waals surface area contributed by atoms with Crippen LogP contribution in [0, 0.1) is 5.41 Å². The Balaban J connectivity index is 1.82. The quantitative estimate of drug-likeness (QED) is 0.220. The summed E-state index contributed by atoms with van der Waals surface area (Å²) in [5.41, 5.74) is 6.42. The molecule has 0 aromatic heterocycles. The smallest absolute Gasteiger partial charge is 0.307 e. The van der Waals surface area contributed by atoms with Gasteiger partial charge in [-0.15, -0.1) is 0 Å². The van der Waals surface area contributed by atoms with Crippen molar-refractivity contribution in [2.24, 2.45) is 5.73 Å². The Morgan fingerprint density at radius 1 is 1.15 bits per heavy atom. The van der Waals surface area contributed by atoms with Crippen LogP contribution in [0.2, 0.25) is 0 Å². The Labute approximate surface area is 201 Å². The molecule has 1 saturated carbocycles. The van der Waals surface area contributed by atoms with Gasteiger partial charge in [0, 0.05) is 19.0 Å². The largest absolute Gasteiger partial charge is 0.494 e. The molecule has 0 radical (unpaired) electrons. The van der Waals surface area contributed by atoms with E-state index in [1.807, 2.05) is 0 Å². The monoisotopic (exact) mass is 472 g/mol. The molecular formula is C25H36N4O5. The molecule has 0 atom stereocenters. The van der Waals surface area contributed by atoms with E-state index in [4.69, 9.17) is 20.6 Å². The van der Waals surface area contributed by atoms with Crippen LogP contribution in [0.3, 0.4) is 0 Å². The zero-order valence-corrected chi connectivity index (χ0v) is 20.0. The van der Waals surface area contributed by atoms with Gasteiger partial charge in [-0.3, -0.25) is 19.8 Å². The van der Waals surface area contributed by atoms with E-state index in [-0.39, 0.29) is 55.8 Å². The van der Waals surface area contributed by atoms with Crippen LogP contribution < -0.4 is 15.4 Å². The lowest BCUT2D eigenvalue weighted by Gasteiger charge is -2.34. The van der Waals surface area contributed by atoms with Crippen LogP contribution in [0.4, 0.5) is 5.69 Å². The van der Waals surface area contributed by atoms with Gasteiger partial charge in [0.25, 0.3) is 5.91 Å². The molecule has 186 valence electrons. The second-order valence-corrected chi connectivity index (χ2v) is 8.85. The SMILES string of the molecule is CCOC(=O)CCN1CC(=O)N(C2CCCCC2)c2ccc(OCCCCC(=N)N)cc2C1=O. The number of unbranched alkanes of at least 4 members (excludes halogenated alkanes) is 1. The summed E-state index contributed by atoms with van der Waals surface area (Å²) >= 11 is 0. The van der Waals surface area contributed by atoms with Crippen LogP contribution >= 0.6 is 0 Å². The summed E-state index contributed by atoms with van der Waals surface area (Å²) in [5.74, 6) is -0.0861. The molecule has 2 aliphatic rings. The Morgan fingerprint density at radius 2 is 1.91 bits per heavy atom. The lowest BCUT2D eigenvalue weighted by atomic mass is 9.93. The van der Waals surface area contributed by atoms with Crippen molar-refractivity contribution in [2.45, 2.75) is 70.8 Å². The summed E-state index contributed by atoms with van der Waals surface area (Å²) in [6.45, 7) is 2.51. The number of fused-ring (bicyclic) bond motifs is 1. The van der Waals surface area contributed by atoms with Crippen LogP contribution in [0.25, 0.3) is 0 Å². The van der Waals surface area contributed by atoms with Crippen molar-refractivity contribution >= 4 is 29.3 Å². The van der Waals surface area contributed by atoms with Gasteiger partial charge in [0.15, 0.2) is 0 Å². The third kappa shape index (κ3) is 6.71. The number of nitrogens with one attached hydrogen (secondary N) is 1. The molecular weight excluding hydrogens is 436 g/mol. The van der Waals surface area contributed by atoms with Gasteiger partial charge in [0.05, 0.1) is 36.7 Å². The van der Waals surface area contributed by atoms with Gasteiger partial charge in [-0.25, -0.2) is 0 Å². The van der Waals surface area contributed by atoms with Gasteiger partial charge in [0.1, 0.15) is 12.3 Å². The molecule has 0 bridgehead atoms. The van der Waals surface area contributed by atoms with E-state index >= 15 is 0 Å². The molecule has 1 aliphatic heterocycles. The number of amides is 2. The summed E-state index contributed by atoms with van der Waals surface area (Å²) in [4.78, 5) is 42.0. The Morgan fingerprint density at radius 3 is 2.62 bits per heavy atom. The van der Waals surface area contributed by atoms with Gasteiger partial charge in [0.2, 0.25) is 5.91 Å². The highest BCUT2D eigenvalue weighted by Gasteiger charge is 2.36. The number of ether oxygens (including phenoxy) is 2. The average Bonchev–Trinajstić information content (AvgIpc) is 2.92. The predicted molar refractivity (Wildman–Crippen MR) is 129 cm³/mol. The first kappa shape index (κ1) is 25.5. The summed E-state index contributed by atoms with van der Waals surface area (Å²) in [6.07, 6.45) is 7.17. The van der Waals surface area contributed by atoms with Gasteiger partial charge in [-0.05, 0) is 50.8 Å². The average molecular weight is 473 g/mol. The van der Waals surface area contributed by atoms with E-state index in [0.717, 1.165) is 44.9 Å². The van der Waals surface area contributed by atoms with Crippen LogP contribution in [-0.4, -0.2) is 60.9 Å². The number of rotatable bonds is 11. The van der Waals surface area contributed by atoms with E-state index in [0.29, 0.717) is 30.0 Å². The first-order chi connectivity index (χ1) is 16.4. The van der Waals surface area contributed by atoms with Crippen molar-refractivity contribution in [3.8, 4) is 5.75 Å². The number of anilines is 1. The fourth-order valence-electron chi connectivity index (χ4n) is 4.59. The molecule has 1 aromatic carbocycles. The third-order valence-electron chi connectivity index (χ3n) is 6.28. The van der Waals surface area contributed by atoms with E-state index in [9.17, 15) is 14.4 Å². The molecule has 0 unspecified atom stereocenters. The van der Waals surface area contributed by atoms with E-state index in [2.05, 4.69) is 0 Å². The normalized spacial score (nSPS) is 16.7.